The third-order valence-electron chi connectivity index (χ3n) is 7.33. The number of piperidine rings is 1. The molecule has 0 atom stereocenters. The molecule has 1 fully saturated rings. The summed E-state index contributed by atoms with van der Waals surface area (Å²) in [6, 6.07) is 20.1. The van der Waals surface area contributed by atoms with Gasteiger partial charge in [0.05, 0.1) is 28.4 Å². The van der Waals surface area contributed by atoms with Crippen molar-refractivity contribution >= 4 is 35.1 Å². The molecule has 0 bridgehead atoms. The summed E-state index contributed by atoms with van der Waals surface area (Å²) in [4.78, 5) is 27.6. The Bertz CT molecular complexity index is 1550. The van der Waals surface area contributed by atoms with E-state index in [0.717, 1.165) is 5.56 Å². The molecular weight excluding hydrogens is 556 g/mol. The predicted molar refractivity (Wildman–Crippen MR) is 151 cm³/mol. The minimum Gasteiger partial charge on any atom is -0.481 e. The molecule has 7 nitrogen and oxygen atoms in total. The second kappa shape index (κ2) is 11.4. The summed E-state index contributed by atoms with van der Waals surface area (Å²) in [5, 5.41) is 15.4. The molecule has 3 aromatic carbocycles. The summed E-state index contributed by atoms with van der Waals surface area (Å²) in [6.45, 7) is 0.678. The van der Waals surface area contributed by atoms with E-state index in [0.29, 0.717) is 52.9 Å². The Kier molecular flexibility index (Phi) is 7.94. The summed E-state index contributed by atoms with van der Waals surface area (Å²) in [5.74, 6) is -1.82. The zero-order valence-corrected chi connectivity index (χ0v) is 23.1. The number of carboxylic acid groups (broad SMARTS) is 1. The highest BCUT2D eigenvalue weighted by atomic mass is 35.5. The number of para-hydroxylation sites is 1. The number of hydrogen-bond acceptors (Lipinski definition) is 4. The van der Waals surface area contributed by atoms with E-state index < -0.39 is 18.0 Å². The van der Waals surface area contributed by atoms with Gasteiger partial charge in [0.25, 0.3) is 5.91 Å². The van der Waals surface area contributed by atoms with Crippen LogP contribution in [0.2, 0.25) is 10.0 Å². The van der Waals surface area contributed by atoms with Crippen molar-refractivity contribution in [2.45, 2.75) is 24.9 Å². The average Bonchev–Trinajstić information content (AvgIpc) is 3.31. The first kappa shape index (κ1) is 27.8. The molecule has 0 aliphatic carbocycles. The molecule has 5 rings (SSSR count). The Balaban J connectivity index is 1.56. The van der Waals surface area contributed by atoms with Crippen molar-refractivity contribution in [1.82, 2.24) is 14.7 Å². The highest BCUT2D eigenvalue weighted by Crippen LogP contribution is 2.38. The summed E-state index contributed by atoms with van der Waals surface area (Å²) in [5.41, 5.74) is 2.09. The first-order valence-electron chi connectivity index (χ1n) is 12.7. The van der Waals surface area contributed by atoms with Gasteiger partial charge in [-0.1, -0.05) is 59.6 Å². The highest BCUT2D eigenvalue weighted by Gasteiger charge is 2.39. The van der Waals surface area contributed by atoms with Crippen LogP contribution in [0.25, 0.3) is 16.9 Å². The van der Waals surface area contributed by atoms with Gasteiger partial charge in [0.1, 0.15) is 5.82 Å². The van der Waals surface area contributed by atoms with Crippen LogP contribution in [0.1, 0.15) is 34.5 Å². The lowest BCUT2D eigenvalue weighted by atomic mass is 9.84. The van der Waals surface area contributed by atoms with Gasteiger partial charge < -0.3 is 14.7 Å². The molecule has 0 radical (unpaired) electrons. The second-order valence-corrected chi connectivity index (χ2v) is 10.5. The minimum atomic E-state index is -1.10. The van der Waals surface area contributed by atoms with Crippen LogP contribution >= 0.6 is 23.2 Å². The Morgan fingerprint density at radius 1 is 1.00 bits per heavy atom. The Hall–Kier alpha value is -3.72. The molecular formula is C30H26Cl2FN3O4. The molecule has 206 valence electrons. The minimum absolute atomic E-state index is 0.0407. The van der Waals surface area contributed by atoms with Gasteiger partial charge in [-0.2, -0.15) is 5.10 Å². The number of carbonyl (C=O) groups excluding carboxylic acids is 1. The van der Waals surface area contributed by atoms with Crippen molar-refractivity contribution < 1.29 is 23.8 Å². The molecule has 1 amide bonds. The first-order valence-corrected chi connectivity index (χ1v) is 13.4. The molecule has 0 saturated carbocycles. The van der Waals surface area contributed by atoms with Gasteiger partial charge in [0.2, 0.25) is 0 Å². The lowest BCUT2D eigenvalue weighted by Crippen LogP contribution is -2.46. The van der Waals surface area contributed by atoms with Crippen LogP contribution in [0.15, 0.2) is 72.8 Å². The van der Waals surface area contributed by atoms with Gasteiger partial charge in [-0.15, -0.1) is 0 Å². The van der Waals surface area contributed by atoms with Crippen molar-refractivity contribution in [1.29, 1.82) is 0 Å². The zero-order chi connectivity index (χ0) is 28.4. The van der Waals surface area contributed by atoms with E-state index in [1.165, 1.54) is 16.8 Å². The van der Waals surface area contributed by atoms with Crippen LogP contribution < -0.4 is 0 Å². The van der Waals surface area contributed by atoms with E-state index in [9.17, 15) is 19.1 Å². The number of likely N-dealkylation sites (tertiary alicyclic amines) is 1. The van der Waals surface area contributed by atoms with Crippen molar-refractivity contribution in [3.8, 4) is 16.9 Å². The van der Waals surface area contributed by atoms with Gasteiger partial charge >= 0.3 is 5.97 Å². The fourth-order valence-electron chi connectivity index (χ4n) is 5.23. The lowest BCUT2D eigenvalue weighted by molar-refractivity contribution is -0.136. The van der Waals surface area contributed by atoms with Crippen molar-refractivity contribution in [3.63, 3.8) is 0 Å². The van der Waals surface area contributed by atoms with Crippen LogP contribution in [0, 0.1) is 5.82 Å². The summed E-state index contributed by atoms with van der Waals surface area (Å²) in [6.07, 6.45) is 0.531. The summed E-state index contributed by atoms with van der Waals surface area (Å²) >= 11 is 12.6. The van der Waals surface area contributed by atoms with E-state index in [1.54, 1.807) is 72.7 Å². The molecule has 1 N–H and O–H groups in total. The number of rotatable bonds is 7. The Morgan fingerprint density at radius 3 is 2.25 bits per heavy atom. The number of amides is 1. The molecule has 1 aliphatic heterocycles. The van der Waals surface area contributed by atoms with Crippen LogP contribution in [0.5, 0.6) is 0 Å². The fourth-order valence-corrected chi connectivity index (χ4v) is 5.57. The molecule has 1 saturated heterocycles. The van der Waals surface area contributed by atoms with Crippen molar-refractivity contribution in [2.75, 3.05) is 20.2 Å². The molecule has 0 spiro atoms. The Labute approximate surface area is 240 Å². The second-order valence-electron chi connectivity index (χ2n) is 9.61. The number of methoxy groups -OCH3 is 1. The maximum absolute atomic E-state index is 14.0. The largest absolute Gasteiger partial charge is 0.481 e. The number of nitrogens with zero attached hydrogens (tertiary/aromatic N) is 3. The third kappa shape index (κ3) is 5.35. The third-order valence-corrected chi connectivity index (χ3v) is 7.90. The SMILES string of the molecule is COC1(c2ccc(F)cc2)CCN(C(=O)c2nn(-c3ccccc3Cl)c(-c3ccc(Cl)cc3)c2CC(=O)O)CC1. The summed E-state index contributed by atoms with van der Waals surface area (Å²) in [7, 11) is 1.61. The van der Waals surface area contributed by atoms with Gasteiger partial charge in [0.15, 0.2) is 5.69 Å². The smallest absolute Gasteiger partial charge is 0.307 e. The maximum Gasteiger partial charge on any atom is 0.307 e. The van der Waals surface area contributed by atoms with Gasteiger partial charge in [0, 0.05) is 36.3 Å². The van der Waals surface area contributed by atoms with E-state index in [1.807, 2.05) is 0 Å². The van der Waals surface area contributed by atoms with E-state index in [2.05, 4.69) is 5.10 Å². The number of aliphatic carboxylic acids is 1. The number of hydrogen-bond donors (Lipinski definition) is 1. The maximum atomic E-state index is 14.0. The van der Waals surface area contributed by atoms with Crippen molar-refractivity contribution in [3.05, 3.63) is 105 Å². The molecule has 1 aromatic heterocycles. The summed E-state index contributed by atoms with van der Waals surface area (Å²) < 4.78 is 21.0. The predicted octanol–water partition coefficient (Wildman–Crippen LogP) is 6.39. The Morgan fingerprint density at radius 2 is 1.65 bits per heavy atom. The van der Waals surface area contributed by atoms with Crippen LogP contribution in [0.3, 0.4) is 0 Å². The number of carboxylic acids is 1. The topological polar surface area (TPSA) is 84.7 Å². The van der Waals surface area contributed by atoms with Crippen LogP contribution in [-0.2, 0) is 21.6 Å². The standard InChI is InChI=1S/C30H26Cl2FN3O4/c1-40-30(20-8-12-22(33)13-9-20)14-16-35(17-15-30)29(39)27-23(18-26(37)38)28(19-6-10-21(31)11-7-19)36(34-27)25-5-3-2-4-24(25)32/h2-13H,14-18H2,1H3,(H,37,38). The number of ether oxygens (including phenoxy) is 1. The average molecular weight is 582 g/mol. The number of benzene rings is 3. The first-order chi connectivity index (χ1) is 19.2. The van der Waals surface area contributed by atoms with Gasteiger partial charge in [-0.05, 0) is 54.8 Å². The normalized spacial score (nSPS) is 14.8. The number of carbonyl (C=O) groups is 2. The molecule has 4 aromatic rings. The van der Waals surface area contributed by atoms with Crippen LogP contribution in [0.4, 0.5) is 4.39 Å². The quantitative estimate of drug-likeness (QED) is 0.273. The zero-order valence-electron chi connectivity index (χ0n) is 21.6. The van der Waals surface area contributed by atoms with Crippen LogP contribution in [-0.4, -0.2) is 51.9 Å². The lowest BCUT2D eigenvalue weighted by Gasteiger charge is -2.41. The monoisotopic (exact) mass is 581 g/mol. The van der Waals surface area contributed by atoms with Crippen molar-refractivity contribution in [2.24, 2.45) is 0 Å². The molecule has 40 heavy (non-hydrogen) atoms. The molecule has 10 heteroatoms. The number of aromatic nitrogens is 2. The fraction of sp³-hybridized carbons (Fsp3) is 0.233. The molecule has 1 aliphatic rings. The van der Waals surface area contributed by atoms with E-state index in [-0.39, 0.29) is 23.0 Å². The van der Waals surface area contributed by atoms with Gasteiger partial charge in [-0.25, -0.2) is 9.07 Å². The van der Waals surface area contributed by atoms with E-state index >= 15 is 0 Å². The molecule has 0 unspecified atom stereocenters. The highest BCUT2D eigenvalue weighted by molar-refractivity contribution is 6.32. The van der Waals surface area contributed by atoms with E-state index in [4.69, 9.17) is 27.9 Å². The number of halogens is 3. The molecule has 2 heterocycles. The van der Waals surface area contributed by atoms with Gasteiger partial charge in [-0.3, -0.25) is 9.59 Å².